The molecule has 1 fully saturated rings. The van der Waals surface area contributed by atoms with Crippen LogP contribution in [0.1, 0.15) is 26.6 Å². The summed E-state index contributed by atoms with van der Waals surface area (Å²) >= 11 is 9.35. The molecule has 0 spiro atoms. The van der Waals surface area contributed by atoms with E-state index in [1.165, 1.54) is 0 Å². The zero-order valence-electron chi connectivity index (χ0n) is 13.0. The number of carbonyl (C=O) groups excluding carboxylic acids is 2. The van der Waals surface area contributed by atoms with Crippen LogP contribution in [0.4, 0.5) is 0 Å². The van der Waals surface area contributed by atoms with E-state index in [0.29, 0.717) is 46.9 Å². The molecular weight excluding hydrogens is 398 g/mol. The van der Waals surface area contributed by atoms with Crippen molar-refractivity contribution in [2.24, 2.45) is 0 Å². The summed E-state index contributed by atoms with van der Waals surface area (Å²) in [6, 6.07) is 6.73. The predicted molar refractivity (Wildman–Crippen MR) is 92.2 cm³/mol. The molecule has 0 bridgehead atoms. The number of benzene rings is 1. The van der Waals surface area contributed by atoms with Crippen molar-refractivity contribution < 1.29 is 14.1 Å². The fourth-order valence-electron chi connectivity index (χ4n) is 2.56. The highest BCUT2D eigenvalue weighted by atomic mass is 79.9. The Hall–Kier alpha value is -1.86. The standard InChI is InChI=1S/C16H15BrClN3O3/c1-10-8-14(24-19-10)16(23)21-6-4-20(5-7-21)15(22)12-9-11(18)2-3-13(12)17/h2-3,8-9H,4-7H2,1H3. The molecule has 1 saturated heterocycles. The summed E-state index contributed by atoms with van der Waals surface area (Å²) in [4.78, 5) is 28.3. The van der Waals surface area contributed by atoms with E-state index in [0.717, 1.165) is 0 Å². The van der Waals surface area contributed by atoms with Gasteiger partial charge in [0.25, 0.3) is 11.8 Å². The molecule has 2 heterocycles. The molecule has 0 atom stereocenters. The third kappa shape index (κ3) is 3.47. The van der Waals surface area contributed by atoms with E-state index in [9.17, 15) is 9.59 Å². The van der Waals surface area contributed by atoms with Gasteiger partial charge < -0.3 is 14.3 Å². The number of hydrogen-bond donors (Lipinski definition) is 0. The minimum atomic E-state index is -0.202. The molecular formula is C16H15BrClN3O3. The van der Waals surface area contributed by atoms with Crippen molar-refractivity contribution in [1.29, 1.82) is 0 Å². The van der Waals surface area contributed by atoms with Gasteiger partial charge in [-0.05, 0) is 41.1 Å². The van der Waals surface area contributed by atoms with Gasteiger partial charge >= 0.3 is 0 Å². The lowest BCUT2D eigenvalue weighted by Crippen LogP contribution is -2.50. The minimum absolute atomic E-state index is 0.105. The van der Waals surface area contributed by atoms with E-state index in [4.69, 9.17) is 16.1 Å². The van der Waals surface area contributed by atoms with Crippen molar-refractivity contribution in [2.75, 3.05) is 26.2 Å². The van der Waals surface area contributed by atoms with Crippen LogP contribution in [0, 0.1) is 6.92 Å². The lowest BCUT2D eigenvalue weighted by Gasteiger charge is -2.34. The molecule has 1 aromatic heterocycles. The summed E-state index contributed by atoms with van der Waals surface area (Å²) in [6.07, 6.45) is 0. The maximum absolute atomic E-state index is 12.6. The second-order valence-electron chi connectivity index (χ2n) is 5.54. The van der Waals surface area contributed by atoms with Crippen LogP contribution in [0.3, 0.4) is 0 Å². The molecule has 8 heteroatoms. The molecule has 3 rings (SSSR count). The van der Waals surface area contributed by atoms with Crippen molar-refractivity contribution in [3.8, 4) is 0 Å². The number of hydrogen-bond acceptors (Lipinski definition) is 4. The van der Waals surface area contributed by atoms with Crippen LogP contribution in [-0.4, -0.2) is 52.9 Å². The molecule has 0 aliphatic carbocycles. The van der Waals surface area contributed by atoms with Crippen molar-refractivity contribution in [1.82, 2.24) is 15.0 Å². The topological polar surface area (TPSA) is 66.7 Å². The van der Waals surface area contributed by atoms with E-state index in [1.54, 1.807) is 41.0 Å². The number of aryl methyl sites for hydroxylation is 1. The molecule has 2 amide bonds. The van der Waals surface area contributed by atoms with Gasteiger partial charge in [0.05, 0.1) is 11.3 Å². The highest BCUT2D eigenvalue weighted by Gasteiger charge is 2.28. The number of amides is 2. The van der Waals surface area contributed by atoms with Crippen LogP contribution in [0.15, 0.2) is 33.3 Å². The Morgan fingerprint density at radius 3 is 2.33 bits per heavy atom. The van der Waals surface area contributed by atoms with Crippen LogP contribution in [0.25, 0.3) is 0 Å². The minimum Gasteiger partial charge on any atom is -0.351 e. The Kier molecular flexibility index (Phi) is 4.91. The van der Waals surface area contributed by atoms with Crippen molar-refractivity contribution in [2.45, 2.75) is 6.92 Å². The third-order valence-corrected chi connectivity index (χ3v) is 4.78. The van der Waals surface area contributed by atoms with Gasteiger partial charge in [0.15, 0.2) is 0 Å². The molecule has 0 saturated carbocycles. The highest BCUT2D eigenvalue weighted by molar-refractivity contribution is 9.10. The fourth-order valence-corrected chi connectivity index (χ4v) is 3.15. The smallest absolute Gasteiger partial charge is 0.292 e. The zero-order chi connectivity index (χ0) is 17.3. The average molecular weight is 413 g/mol. The first-order valence-electron chi connectivity index (χ1n) is 7.42. The number of carbonyl (C=O) groups is 2. The van der Waals surface area contributed by atoms with Gasteiger partial charge in [0, 0.05) is 41.7 Å². The Morgan fingerprint density at radius 2 is 1.75 bits per heavy atom. The van der Waals surface area contributed by atoms with Crippen LogP contribution in [-0.2, 0) is 0 Å². The van der Waals surface area contributed by atoms with Crippen LogP contribution in [0.5, 0.6) is 0 Å². The molecule has 126 valence electrons. The first-order valence-corrected chi connectivity index (χ1v) is 8.59. The first kappa shape index (κ1) is 17.0. The normalized spacial score (nSPS) is 14.8. The van der Waals surface area contributed by atoms with Gasteiger partial charge in [0.1, 0.15) is 0 Å². The van der Waals surface area contributed by atoms with Gasteiger partial charge in [-0.25, -0.2) is 0 Å². The largest absolute Gasteiger partial charge is 0.351 e. The van der Waals surface area contributed by atoms with E-state index >= 15 is 0 Å². The highest BCUT2D eigenvalue weighted by Crippen LogP contribution is 2.23. The van der Waals surface area contributed by atoms with Gasteiger partial charge in [-0.15, -0.1) is 0 Å². The molecule has 1 aromatic carbocycles. The first-order chi connectivity index (χ1) is 11.5. The molecule has 6 nitrogen and oxygen atoms in total. The van der Waals surface area contributed by atoms with E-state index in [2.05, 4.69) is 21.1 Å². The molecule has 0 unspecified atom stereocenters. The summed E-state index contributed by atoms with van der Waals surface area (Å²) in [6.45, 7) is 3.57. The number of piperazine rings is 1. The summed E-state index contributed by atoms with van der Waals surface area (Å²) in [7, 11) is 0. The monoisotopic (exact) mass is 411 g/mol. The van der Waals surface area contributed by atoms with Gasteiger partial charge in [0.2, 0.25) is 5.76 Å². The fraction of sp³-hybridized carbons (Fsp3) is 0.312. The number of halogens is 2. The Bertz CT molecular complexity index is 785. The Balaban J connectivity index is 1.65. The SMILES string of the molecule is Cc1cc(C(=O)N2CCN(C(=O)c3cc(Cl)ccc3Br)CC2)on1. The molecule has 1 aliphatic rings. The number of rotatable bonds is 2. The summed E-state index contributed by atoms with van der Waals surface area (Å²) in [5.74, 6) is -0.0801. The Morgan fingerprint density at radius 1 is 1.12 bits per heavy atom. The average Bonchev–Trinajstić information content (AvgIpc) is 3.02. The van der Waals surface area contributed by atoms with E-state index < -0.39 is 0 Å². The summed E-state index contributed by atoms with van der Waals surface area (Å²) < 4.78 is 5.71. The van der Waals surface area contributed by atoms with E-state index in [1.807, 2.05) is 0 Å². The van der Waals surface area contributed by atoms with E-state index in [-0.39, 0.29) is 17.6 Å². The molecule has 2 aromatic rings. The van der Waals surface area contributed by atoms with Crippen LogP contribution in [0.2, 0.25) is 5.02 Å². The van der Waals surface area contributed by atoms with Crippen LogP contribution >= 0.6 is 27.5 Å². The summed E-state index contributed by atoms with van der Waals surface area (Å²) in [5, 5.41) is 4.24. The van der Waals surface area contributed by atoms with Gasteiger partial charge in [-0.2, -0.15) is 0 Å². The Labute approximate surface area is 152 Å². The quantitative estimate of drug-likeness (QED) is 0.760. The molecule has 24 heavy (non-hydrogen) atoms. The maximum Gasteiger partial charge on any atom is 0.292 e. The number of nitrogens with zero attached hydrogens (tertiary/aromatic N) is 3. The summed E-state index contributed by atoms with van der Waals surface area (Å²) in [5.41, 5.74) is 1.19. The van der Waals surface area contributed by atoms with Gasteiger partial charge in [-0.1, -0.05) is 16.8 Å². The van der Waals surface area contributed by atoms with Gasteiger partial charge in [-0.3, -0.25) is 9.59 Å². The number of aromatic nitrogens is 1. The predicted octanol–water partition coefficient (Wildman–Crippen LogP) is 3.00. The third-order valence-electron chi connectivity index (χ3n) is 3.85. The maximum atomic E-state index is 12.6. The van der Waals surface area contributed by atoms with Crippen LogP contribution < -0.4 is 0 Å². The van der Waals surface area contributed by atoms with Crippen molar-refractivity contribution in [3.63, 3.8) is 0 Å². The molecule has 0 radical (unpaired) electrons. The lowest BCUT2D eigenvalue weighted by molar-refractivity contribution is 0.0512. The van der Waals surface area contributed by atoms with Crippen molar-refractivity contribution in [3.05, 3.63) is 50.8 Å². The second-order valence-corrected chi connectivity index (χ2v) is 6.83. The molecule has 0 N–H and O–H groups in total. The molecule has 1 aliphatic heterocycles. The van der Waals surface area contributed by atoms with Crippen molar-refractivity contribution >= 4 is 39.3 Å². The second kappa shape index (κ2) is 6.94. The lowest BCUT2D eigenvalue weighted by atomic mass is 10.1. The zero-order valence-corrected chi connectivity index (χ0v) is 15.3.